The van der Waals surface area contributed by atoms with E-state index in [1.807, 2.05) is 0 Å². The molecule has 0 nitrogen and oxygen atoms in total. The molecule has 0 atom stereocenters. The smallest absolute Gasteiger partial charge is 0.00137 e. The number of aryl methyl sites for hydroxylation is 2. The van der Waals surface area contributed by atoms with E-state index >= 15 is 0 Å². The lowest BCUT2D eigenvalue weighted by Gasteiger charge is -2.18. The van der Waals surface area contributed by atoms with Crippen LogP contribution >= 0.6 is 0 Å². The molecule has 0 aliphatic carbocycles. The number of rotatable bonds is 2. The van der Waals surface area contributed by atoms with E-state index in [1.165, 1.54) is 87.2 Å². The summed E-state index contributed by atoms with van der Waals surface area (Å²) in [6, 6.07) is 49.4. The summed E-state index contributed by atoms with van der Waals surface area (Å²) in [5.41, 5.74) is 7.70. The predicted molar refractivity (Wildman–Crippen MR) is 174 cm³/mol. The first-order valence-corrected chi connectivity index (χ1v) is 14.0. The van der Waals surface area contributed by atoms with Gasteiger partial charge in [-0.15, -0.1) is 0 Å². The molecule has 0 saturated carbocycles. The first kappa shape index (κ1) is 23.0. The van der Waals surface area contributed by atoms with Gasteiger partial charge >= 0.3 is 0 Å². The summed E-state index contributed by atoms with van der Waals surface area (Å²) >= 11 is 0. The molecule has 0 saturated heterocycles. The van der Waals surface area contributed by atoms with Crippen molar-refractivity contribution in [1.29, 1.82) is 0 Å². The Labute approximate surface area is 234 Å². The molecular weight excluding hydrogens is 480 g/mol. The van der Waals surface area contributed by atoms with E-state index in [9.17, 15) is 0 Å². The van der Waals surface area contributed by atoms with Crippen LogP contribution in [0.2, 0.25) is 0 Å². The lowest BCUT2D eigenvalue weighted by atomic mass is 9.85. The SMILES string of the molecule is Cc1ccccc1-c1ccc2c3ccc(-c4ccccc4C)cc3c3c4ccccc4c4ccccc4c3c2c1. The van der Waals surface area contributed by atoms with Crippen LogP contribution in [0.5, 0.6) is 0 Å². The molecule has 0 aliphatic rings. The van der Waals surface area contributed by atoms with Crippen molar-refractivity contribution in [3.05, 3.63) is 145 Å². The number of benzene rings is 8. The Morgan fingerprint density at radius 3 is 1.07 bits per heavy atom. The molecular formula is C40H28. The second-order valence-corrected chi connectivity index (χ2v) is 11.0. The maximum atomic E-state index is 2.43. The second-order valence-electron chi connectivity index (χ2n) is 11.0. The van der Waals surface area contributed by atoms with Gasteiger partial charge < -0.3 is 0 Å². The van der Waals surface area contributed by atoms with Gasteiger partial charge in [0, 0.05) is 0 Å². The van der Waals surface area contributed by atoms with Gasteiger partial charge in [0.15, 0.2) is 0 Å². The Balaban J connectivity index is 1.63. The minimum atomic E-state index is 1.26. The third-order valence-electron chi connectivity index (χ3n) is 8.71. The van der Waals surface area contributed by atoms with Crippen molar-refractivity contribution in [1.82, 2.24) is 0 Å². The molecule has 0 radical (unpaired) electrons. The zero-order valence-corrected chi connectivity index (χ0v) is 22.7. The van der Waals surface area contributed by atoms with Crippen LogP contribution in [0, 0.1) is 13.8 Å². The molecule has 40 heavy (non-hydrogen) atoms. The minimum Gasteiger partial charge on any atom is -0.0620 e. The summed E-state index contributed by atoms with van der Waals surface area (Å²) in [5.74, 6) is 0. The maximum Gasteiger partial charge on any atom is -0.00137 e. The van der Waals surface area contributed by atoms with Crippen LogP contribution in [0.15, 0.2) is 133 Å². The Hall–Kier alpha value is -4.94. The fourth-order valence-electron chi connectivity index (χ4n) is 6.80. The van der Waals surface area contributed by atoms with Crippen molar-refractivity contribution in [2.24, 2.45) is 0 Å². The molecule has 0 spiro atoms. The number of fused-ring (bicyclic) bond motifs is 11. The molecule has 8 aromatic carbocycles. The van der Waals surface area contributed by atoms with E-state index in [4.69, 9.17) is 0 Å². The highest BCUT2D eigenvalue weighted by atomic mass is 14.2. The Morgan fingerprint density at radius 2 is 0.650 bits per heavy atom. The molecule has 0 N–H and O–H groups in total. The minimum absolute atomic E-state index is 1.26. The molecule has 0 bridgehead atoms. The topological polar surface area (TPSA) is 0 Å². The second kappa shape index (κ2) is 8.79. The van der Waals surface area contributed by atoms with Gasteiger partial charge in [-0.2, -0.15) is 0 Å². The normalized spacial score (nSPS) is 11.8. The van der Waals surface area contributed by atoms with Gasteiger partial charge in [-0.3, -0.25) is 0 Å². The summed E-state index contributed by atoms with van der Waals surface area (Å²) in [6.45, 7) is 4.40. The summed E-state index contributed by atoms with van der Waals surface area (Å²) < 4.78 is 0. The lowest BCUT2D eigenvalue weighted by molar-refractivity contribution is 1.46. The van der Waals surface area contributed by atoms with Crippen molar-refractivity contribution in [3.63, 3.8) is 0 Å². The molecule has 188 valence electrons. The van der Waals surface area contributed by atoms with E-state index in [0.717, 1.165) is 0 Å². The molecule has 0 heterocycles. The predicted octanol–water partition coefficient (Wildman–Crippen LogP) is 11.4. The molecule has 0 heteroatoms. The van der Waals surface area contributed by atoms with Gasteiger partial charge in [0.2, 0.25) is 0 Å². The Bertz CT molecular complexity index is 2120. The van der Waals surface area contributed by atoms with Crippen LogP contribution in [0.3, 0.4) is 0 Å². The highest BCUT2D eigenvalue weighted by molar-refractivity contribution is 6.39. The van der Waals surface area contributed by atoms with Crippen LogP contribution < -0.4 is 0 Å². The average molecular weight is 509 g/mol. The average Bonchev–Trinajstić information content (AvgIpc) is 3.01. The highest BCUT2D eigenvalue weighted by Gasteiger charge is 2.17. The number of hydrogen-bond donors (Lipinski definition) is 0. The van der Waals surface area contributed by atoms with Crippen molar-refractivity contribution >= 4 is 53.9 Å². The monoisotopic (exact) mass is 508 g/mol. The summed E-state index contributed by atoms with van der Waals surface area (Å²) in [7, 11) is 0. The van der Waals surface area contributed by atoms with Gasteiger partial charge in [0.1, 0.15) is 0 Å². The zero-order valence-electron chi connectivity index (χ0n) is 22.7. The fourth-order valence-corrected chi connectivity index (χ4v) is 6.80. The van der Waals surface area contributed by atoms with Gasteiger partial charge in [-0.1, -0.05) is 121 Å². The zero-order chi connectivity index (χ0) is 26.8. The maximum absolute atomic E-state index is 2.43. The molecule has 0 aromatic heterocycles. The molecule has 0 amide bonds. The van der Waals surface area contributed by atoms with Crippen molar-refractivity contribution < 1.29 is 0 Å². The molecule has 0 fully saturated rings. The molecule has 0 aliphatic heterocycles. The quantitative estimate of drug-likeness (QED) is 0.204. The largest absolute Gasteiger partial charge is 0.0620 e. The van der Waals surface area contributed by atoms with E-state index in [-0.39, 0.29) is 0 Å². The van der Waals surface area contributed by atoms with Gasteiger partial charge in [-0.25, -0.2) is 0 Å². The summed E-state index contributed by atoms with van der Waals surface area (Å²) in [5, 5.41) is 13.2. The van der Waals surface area contributed by atoms with Gasteiger partial charge in [0.25, 0.3) is 0 Å². The summed E-state index contributed by atoms with van der Waals surface area (Å²) in [4.78, 5) is 0. The first-order chi connectivity index (χ1) is 19.7. The lowest BCUT2D eigenvalue weighted by Crippen LogP contribution is -1.91. The van der Waals surface area contributed by atoms with Crippen molar-refractivity contribution in [2.75, 3.05) is 0 Å². The fraction of sp³-hybridized carbons (Fsp3) is 0.0500. The highest BCUT2D eigenvalue weighted by Crippen LogP contribution is 2.45. The van der Waals surface area contributed by atoms with Crippen LogP contribution in [0.1, 0.15) is 11.1 Å². The molecule has 0 unspecified atom stereocenters. The van der Waals surface area contributed by atoms with Crippen molar-refractivity contribution in [3.8, 4) is 22.3 Å². The van der Waals surface area contributed by atoms with Crippen LogP contribution in [-0.4, -0.2) is 0 Å². The van der Waals surface area contributed by atoms with E-state index in [0.29, 0.717) is 0 Å². The van der Waals surface area contributed by atoms with Crippen LogP contribution in [-0.2, 0) is 0 Å². The Kier molecular flexibility index (Phi) is 5.06. The van der Waals surface area contributed by atoms with E-state index in [2.05, 4.69) is 147 Å². The Morgan fingerprint density at radius 1 is 0.300 bits per heavy atom. The molecule has 8 aromatic rings. The van der Waals surface area contributed by atoms with Crippen LogP contribution in [0.25, 0.3) is 76.1 Å². The first-order valence-electron chi connectivity index (χ1n) is 14.0. The number of hydrogen-bond acceptors (Lipinski definition) is 0. The van der Waals surface area contributed by atoms with E-state index in [1.54, 1.807) is 0 Å². The standard InChI is InChI=1S/C40H28/c1-25-11-3-5-13-29(25)27-19-21-33-34-22-20-28(30-14-6-4-12-26(30)2)24-38(34)40-36-18-10-8-16-32(36)31-15-7-9-17-35(31)39(40)37(33)23-27/h3-24H,1-2H3. The third-order valence-corrected chi connectivity index (χ3v) is 8.71. The third kappa shape index (κ3) is 3.33. The van der Waals surface area contributed by atoms with Gasteiger partial charge in [0.05, 0.1) is 0 Å². The molecule has 8 rings (SSSR count). The summed E-state index contributed by atoms with van der Waals surface area (Å²) in [6.07, 6.45) is 0. The van der Waals surface area contributed by atoms with E-state index < -0.39 is 0 Å². The van der Waals surface area contributed by atoms with Crippen LogP contribution in [0.4, 0.5) is 0 Å². The van der Waals surface area contributed by atoms with Gasteiger partial charge in [-0.05, 0) is 113 Å². The van der Waals surface area contributed by atoms with Crippen molar-refractivity contribution in [2.45, 2.75) is 13.8 Å².